The third-order valence-corrected chi connectivity index (χ3v) is 7.48. The molecule has 0 fully saturated rings. The molecule has 1 aliphatic rings. The molecule has 0 bridgehead atoms. The molecule has 200 valence electrons. The average Bonchev–Trinajstić information content (AvgIpc) is 3.34. The van der Waals surface area contributed by atoms with E-state index in [4.69, 9.17) is 31.2 Å². The van der Waals surface area contributed by atoms with Crippen molar-refractivity contribution in [1.29, 1.82) is 0 Å². The molecular formula is C29H28ClN5O3S. The van der Waals surface area contributed by atoms with Gasteiger partial charge in [0, 0.05) is 22.2 Å². The maximum atomic E-state index is 13.7. The number of fused-ring (bicyclic) bond motifs is 1. The number of halogens is 1. The number of benzene rings is 3. The molecule has 0 radical (unpaired) electrons. The van der Waals surface area contributed by atoms with Crippen molar-refractivity contribution in [3.63, 3.8) is 0 Å². The summed E-state index contributed by atoms with van der Waals surface area (Å²) in [5.74, 6) is 2.12. The molecule has 5 rings (SSSR count). The molecule has 1 aliphatic heterocycles. The summed E-state index contributed by atoms with van der Waals surface area (Å²) in [6, 6.07) is 22.2. The van der Waals surface area contributed by atoms with E-state index in [0.717, 1.165) is 11.1 Å². The first kappa shape index (κ1) is 26.6. The van der Waals surface area contributed by atoms with Gasteiger partial charge in [0.2, 0.25) is 11.1 Å². The number of rotatable bonds is 9. The van der Waals surface area contributed by atoms with Crippen molar-refractivity contribution in [2.24, 2.45) is 0 Å². The van der Waals surface area contributed by atoms with E-state index in [1.165, 1.54) is 11.8 Å². The number of nitrogens with zero attached hydrogens (tertiary/aromatic N) is 3. The highest BCUT2D eigenvalue weighted by molar-refractivity contribution is 7.98. The molecule has 0 spiro atoms. The first-order valence-corrected chi connectivity index (χ1v) is 13.8. The van der Waals surface area contributed by atoms with Crippen LogP contribution in [0.4, 0.5) is 11.6 Å². The smallest absolute Gasteiger partial charge is 0.255 e. The summed E-state index contributed by atoms with van der Waals surface area (Å²) in [4.78, 5) is 18.4. The lowest BCUT2D eigenvalue weighted by molar-refractivity contribution is -0.113. The average molecular weight is 562 g/mol. The van der Waals surface area contributed by atoms with Crippen molar-refractivity contribution < 1.29 is 14.3 Å². The number of ether oxygens (including phenoxy) is 2. The van der Waals surface area contributed by atoms with E-state index in [1.807, 2.05) is 86.6 Å². The van der Waals surface area contributed by atoms with Crippen LogP contribution >= 0.6 is 23.4 Å². The van der Waals surface area contributed by atoms with Gasteiger partial charge in [0.15, 0.2) is 11.5 Å². The molecule has 39 heavy (non-hydrogen) atoms. The number of carbonyl (C=O) groups excluding carboxylic acids is 1. The zero-order valence-electron chi connectivity index (χ0n) is 21.8. The van der Waals surface area contributed by atoms with Gasteiger partial charge in [-0.05, 0) is 55.3 Å². The lowest BCUT2D eigenvalue weighted by Crippen LogP contribution is -2.31. The molecule has 2 N–H and O–H groups in total. The lowest BCUT2D eigenvalue weighted by Gasteiger charge is -2.29. The first-order valence-electron chi connectivity index (χ1n) is 12.5. The number of hydrogen-bond donors (Lipinski definition) is 2. The summed E-state index contributed by atoms with van der Waals surface area (Å²) < 4.78 is 13.1. The van der Waals surface area contributed by atoms with E-state index in [1.54, 1.807) is 11.8 Å². The molecule has 10 heteroatoms. The zero-order valence-corrected chi connectivity index (χ0v) is 23.3. The Morgan fingerprint density at radius 3 is 2.62 bits per heavy atom. The molecular weight excluding hydrogens is 534 g/mol. The van der Waals surface area contributed by atoms with E-state index in [9.17, 15) is 4.79 Å². The van der Waals surface area contributed by atoms with Crippen molar-refractivity contribution in [2.75, 3.05) is 24.4 Å². The highest BCUT2D eigenvalue weighted by Crippen LogP contribution is 2.40. The molecule has 8 nitrogen and oxygen atoms in total. The molecule has 1 aromatic heterocycles. The van der Waals surface area contributed by atoms with Gasteiger partial charge in [-0.2, -0.15) is 4.98 Å². The summed E-state index contributed by atoms with van der Waals surface area (Å²) in [5.41, 5.74) is 3.71. The standard InChI is InChI=1S/C29H28ClN5O3S/c1-4-38-24-16-19(14-15-23(24)37-3)26-25(27(36)32-21-11-6-5-7-12-21)18(2)31-28-33-29(34-35(26)28)39-17-20-10-8-9-13-22(20)30/h5-16,26H,4,17H2,1-3H3,(H,32,36)(H,31,33,34). The van der Waals surface area contributed by atoms with Gasteiger partial charge in [-0.15, -0.1) is 5.10 Å². The third-order valence-electron chi connectivity index (χ3n) is 6.23. The maximum absolute atomic E-state index is 13.7. The summed E-state index contributed by atoms with van der Waals surface area (Å²) in [6.45, 7) is 4.26. The number of para-hydroxylation sites is 1. The summed E-state index contributed by atoms with van der Waals surface area (Å²) in [7, 11) is 1.60. The number of allylic oxidation sites excluding steroid dienone is 1. The van der Waals surface area contributed by atoms with Crippen molar-refractivity contribution >= 4 is 40.9 Å². The van der Waals surface area contributed by atoms with Crippen LogP contribution < -0.4 is 20.1 Å². The van der Waals surface area contributed by atoms with E-state index >= 15 is 0 Å². The van der Waals surface area contributed by atoms with Gasteiger partial charge >= 0.3 is 0 Å². The van der Waals surface area contributed by atoms with Gasteiger partial charge < -0.3 is 20.1 Å². The second kappa shape index (κ2) is 11.8. The predicted octanol–water partition coefficient (Wildman–Crippen LogP) is 6.56. The van der Waals surface area contributed by atoms with Crippen LogP contribution in [0.15, 0.2) is 89.2 Å². The van der Waals surface area contributed by atoms with Crippen LogP contribution in [-0.2, 0) is 10.5 Å². The summed E-state index contributed by atoms with van der Waals surface area (Å²) >= 11 is 7.83. The molecule has 3 aromatic carbocycles. The Balaban J connectivity index is 1.54. The second-order valence-corrected chi connectivity index (χ2v) is 10.1. The Morgan fingerprint density at radius 2 is 1.87 bits per heavy atom. The maximum Gasteiger partial charge on any atom is 0.255 e. The minimum absolute atomic E-state index is 0.239. The van der Waals surface area contributed by atoms with Crippen molar-refractivity contribution in [3.05, 3.63) is 100 Å². The van der Waals surface area contributed by atoms with Crippen LogP contribution in [0.25, 0.3) is 0 Å². The van der Waals surface area contributed by atoms with Crippen LogP contribution in [0.2, 0.25) is 5.02 Å². The fourth-order valence-electron chi connectivity index (χ4n) is 4.40. The number of methoxy groups -OCH3 is 1. The SMILES string of the molecule is CCOc1cc(C2C(C(=O)Nc3ccccc3)=C(C)Nc3nc(SCc4ccccc4Cl)nn32)ccc1OC. The van der Waals surface area contributed by atoms with E-state index in [-0.39, 0.29) is 5.91 Å². The normalized spacial score (nSPS) is 14.4. The fraction of sp³-hybridized carbons (Fsp3) is 0.207. The van der Waals surface area contributed by atoms with Crippen molar-refractivity contribution in [3.8, 4) is 11.5 Å². The van der Waals surface area contributed by atoms with Gasteiger partial charge in [0.1, 0.15) is 6.04 Å². The Labute approximate surface area is 236 Å². The molecule has 1 atom stereocenters. The largest absolute Gasteiger partial charge is 0.493 e. The number of amides is 1. The predicted molar refractivity (Wildman–Crippen MR) is 155 cm³/mol. The quantitative estimate of drug-likeness (QED) is 0.224. The lowest BCUT2D eigenvalue weighted by atomic mass is 9.94. The van der Waals surface area contributed by atoms with Crippen LogP contribution in [-0.4, -0.2) is 34.4 Å². The van der Waals surface area contributed by atoms with Crippen LogP contribution in [0, 0.1) is 0 Å². The summed E-state index contributed by atoms with van der Waals surface area (Å²) in [5, 5.41) is 12.4. The van der Waals surface area contributed by atoms with Crippen molar-refractivity contribution in [2.45, 2.75) is 30.8 Å². The van der Waals surface area contributed by atoms with Gasteiger partial charge in [0.05, 0.1) is 19.3 Å². The minimum atomic E-state index is -0.558. The number of anilines is 2. The van der Waals surface area contributed by atoms with Gasteiger partial charge in [-0.1, -0.05) is 65.8 Å². The van der Waals surface area contributed by atoms with E-state index < -0.39 is 6.04 Å². The topological polar surface area (TPSA) is 90.3 Å². The van der Waals surface area contributed by atoms with Gasteiger partial charge in [-0.25, -0.2) is 4.68 Å². The van der Waals surface area contributed by atoms with E-state index in [2.05, 4.69) is 10.6 Å². The Bertz CT molecular complexity index is 1520. The molecule has 0 aliphatic carbocycles. The second-order valence-electron chi connectivity index (χ2n) is 8.77. The summed E-state index contributed by atoms with van der Waals surface area (Å²) in [6.07, 6.45) is 0. The fourth-order valence-corrected chi connectivity index (χ4v) is 5.52. The number of aromatic nitrogens is 3. The minimum Gasteiger partial charge on any atom is -0.493 e. The number of carbonyl (C=O) groups is 1. The monoisotopic (exact) mass is 561 g/mol. The van der Waals surface area contributed by atoms with Gasteiger partial charge in [-0.3, -0.25) is 4.79 Å². The number of nitrogens with one attached hydrogen (secondary N) is 2. The third kappa shape index (κ3) is 5.74. The Kier molecular flexibility index (Phi) is 8.09. The molecule has 0 saturated heterocycles. The van der Waals surface area contributed by atoms with Crippen LogP contribution in [0.3, 0.4) is 0 Å². The number of hydrogen-bond acceptors (Lipinski definition) is 7. The molecule has 2 heterocycles. The highest BCUT2D eigenvalue weighted by atomic mass is 35.5. The molecule has 4 aromatic rings. The van der Waals surface area contributed by atoms with Crippen molar-refractivity contribution in [1.82, 2.24) is 14.8 Å². The molecule has 0 saturated carbocycles. The zero-order chi connectivity index (χ0) is 27.4. The highest BCUT2D eigenvalue weighted by Gasteiger charge is 2.35. The van der Waals surface area contributed by atoms with Crippen LogP contribution in [0.1, 0.15) is 31.0 Å². The number of thioether (sulfide) groups is 1. The van der Waals surface area contributed by atoms with Crippen LogP contribution in [0.5, 0.6) is 11.5 Å². The Hall–Kier alpha value is -3.95. The molecule has 1 amide bonds. The molecule has 1 unspecified atom stereocenters. The Morgan fingerprint density at radius 1 is 1.10 bits per heavy atom. The van der Waals surface area contributed by atoms with E-state index in [0.29, 0.717) is 56.9 Å². The van der Waals surface area contributed by atoms with Gasteiger partial charge in [0.25, 0.3) is 5.91 Å². The first-order chi connectivity index (χ1) is 19.0.